The fraction of sp³-hybridized carbons (Fsp3) is 0.364. The quantitative estimate of drug-likeness (QED) is 0.393. The van der Waals surface area contributed by atoms with Crippen molar-refractivity contribution >= 4 is 17.2 Å². The van der Waals surface area contributed by atoms with Gasteiger partial charge >= 0.3 is 12.1 Å². The Morgan fingerprint density at radius 1 is 1.25 bits per heavy atom. The molecular weight excluding hydrogens is 430 g/mol. The molecule has 0 N–H and O–H groups in total. The normalized spacial score (nSPS) is 16.5. The summed E-state index contributed by atoms with van der Waals surface area (Å²) in [7, 11) is 0. The molecule has 2 aromatic heterocycles. The lowest BCUT2D eigenvalue weighted by Gasteiger charge is -2.29. The summed E-state index contributed by atoms with van der Waals surface area (Å²) in [6.45, 7) is 1.09. The fourth-order valence-electron chi connectivity index (χ4n) is 3.98. The molecule has 170 valence electrons. The number of rotatable bonds is 6. The first-order valence-electron chi connectivity index (χ1n) is 10.2. The Bertz CT molecular complexity index is 1130. The summed E-state index contributed by atoms with van der Waals surface area (Å²) in [5, 5.41) is 4.16. The van der Waals surface area contributed by atoms with Gasteiger partial charge in [0.05, 0.1) is 24.4 Å². The highest BCUT2D eigenvalue weighted by Gasteiger charge is 2.32. The number of nitrogens with zero attached hydrogens (tertiary/aromatic N) is 3. The summed E-state index contributed by atoms with van der Waals surface area (Å²) in [5.41, 5.74) is 1.94. The van der Waals surface area contributed by atoms with Gasteiger partial charge in [0, 0.05) is 24.0 Å². The molecule has 3 heterocycles. The summed E-state index contributed by atoms with van der Waals surface area (Å²) in [5.74, 6) is -1.05. The molecular formula is C22H21F4N3O3. The minimum Gasteiger partial charge on any atom is -0.484 e. The number of hydrogen-bond donors (Lipinski definition) is 0. The van der Waals surface area contributed by atoms with Gasteiger partial charge in [0.15, 0.2) is 6.61 Å². The first kappa shape index (κ1) is 21.9. The second-order valence-corrected chi connectivity index (χ2v) is 7.43. The number of fused-ring (bicyclic) bond motifs is 1. The zero-order chi connectivity index (χ0) is 22.9. The van der Waals surface area contributed by atoms with Crippen LogP contribution in [0.5, 0.6) is 5.75 Å². The zero-order valence-corrected chi connectivity index (χ0v) is 17.2. The number of halogens is 4. The average molecular weight is 451 g/mol. The van der Waals surface area contributed by atoms with Crippen LogP contribution in [0, 0.1) is 5.82 Å². The zero-order valence-electron chi connectivity index (χ0n) is 17.2. The molecule has 1 atom stereocenters. The number of hydrogen-bond acceptors (Lipinski definition) is 5. The van der Waals surface area contributed by atoms with Crippen LogP contribution < -0.4 is 9.64 Å². The molecule has 1 aliphatic rings. The van der Waals surface area contributed by atoms with Gasteiger partial charge < -0.3 is 14.4 Å². The molecule has 0 spiro atoms. The lowest BCUT2D eigenvalue weighted by Crippen LogP contribution is -2.24. The molecule has 10 heteroatoms. The van der Waals surface area contributed by atoms with Crippen LogP contribution in [-0.2, 0) is 4.74 Å². The van der Waals surface area contributed by atoms with Gasteiger partial charge in [0.2, 0.25) is 0 Å². The van der Waals surface area contributed by atoms with E-state index in [0.29, 0.717) is 29.6 Å². The number of benzene rings is 1. The van der Waals surface area contributed by atoms with Crippen LogP contribution in [0.15, 0.2) is 42.7 Å². The molecule has 1 aromatic carbocycles. The number of ether oxygens (including phenoxy) is 2. The van der Waals surface area contributed by atoms with Crippen LogP contribution in [0.2, 0.25) is 0 Å². The van der Waals surface area contributed by atoms with E-state index < -0.39 is 24.6 Å². The Kier molecular flexibility index (Phi) is 5.94. The minimum absolute atomic E-state index is 0.00160. The number of esters is 1. The molecule has 1 fully saturated rings. The van der Waals surface area contributed by atoms with E-state index in [1.54, 1.807) is 29.8 Å². The van der Waals surface area contributed by atoms with Crippen molar-refractivity contribution in [2.75, 3.05) is 24.7 Å². The fourth-order valence-corrected chi connectivity index (χ4v) is 3.98. The molecule has 1 saturated heterocycles. The summed E-state index contributed by atoms with van der Waals surface area (Å²) in [4.78, 5) is 14.2. The maximum absolute atomic E-state index is 14.0. The van der Waals surface area contributed by atoms with E-state index in [4.69, 9.17) is 9.47 Å². The van der Waals surface area contributed by atoms with Crippen molar-refractivity contribution in [2.45, 2.75) is 32.0 Å². The monoisotopic (exact) mass is 451 g/mol. The largest absolute Gasteiger partial charge is 0.484 e. The molecule has 1 aliphatic heterocycles. The van der Waals surface area contributed by atoms with Gasteiger partial charge in [-0.3, -0.25) is 0 Å². The van der Waals surface area contributed by atoms with E-state index in [1.807, 2.05) is 4.90 Å². The van der Waals surface area contributed by atoms with Crippen LogP contribution in [0.3, 0.4) is 0 Å². The number of pyridine rings is 1. The maximum atomic E-state index is 14.0. The van der Waals surface area contributed by atoms with E-state index in [1.165, 1.54) is 18.3 Å². The lowest BCUT2D eigenvalue weighted by atomic mass is 10.0. The molecule has 32 heavy (non-hydrogen) atoms. The molecule has 0 unspecified atom stereocenters. The van der Waals surface area contributed by atoms with Gasteiger partial charge in [-0.15, -0.1) is 0 Å². The van der Waals surface area contributed by atoms with Crippen molar-refractivity contribution in [1.82, 2.24) is 9.61 Å². The smallest absolute Gasteiger partial charge is 0.422 e. The van der Waals surface area contributed by atoms with E-state index in [2.05, 4.69) is 5.10 Å². The Labute approximate surface area is 181 Å². The van der Waals surface area contributed by atoms with Gasteiger partial charge in [-0.25, -0.2) is 13.7 Å². The predicted molar refractivity (Wildman–Crippen MR) is 108 cm³/mol. The average Bonchev–Trinajstić information content (AvgIpc) is 3.39. The standard InChI is InChI=1S/C22H21F4N3O3/c1-2-31-21(30)17-12-27-29-9-7-15(11-19(17)29)28-8-3-4-18(28)16-10-14(23)5-6-20(16)32-13-22(24,25)26/h5-7,9-12,18H,2-4,8,13H2,1H3/t18-/m1/s1. The number of alkyl halides is 3. The second-order valence-electron chi connectivity index (χ2n) is 7.43. The SMILES string of the molecule is CCOC(=O)c1cnn2ccc(N3CCC[C@@H]3c3cc(F)ccc3OCC(F)(F)F)cc12. The Balaban J connectivity index is 1.69. The molecule has 0 saturated carbocycles. The third-order valence-corrected chi connectivity index (χ3v) is 5.31. The van der Waals surface area contributed by atoms with Crippen LogP contribution in [-0.4, -0.2) is 41.5 Å². The van der Waals surface area contributed by atoms with Crippen molar-refractivity contribution in [3.8, 4) is 5.75 Å². The maximum Gasteiger partial charge on any atom is 0.422 e. The summed E-state index contributed by atoms with van der Waals surface area (Å²) >= 11 is 0. The van der Waals surface area contributed by atoms with Gasteiger partial charge in [-0.2, -0.15) is 18.3 Å². The molecule has 3 aromatic rings. The van der Waals surface area contributed by atoms with E-state index in [-0.39, 0.29) is 18.4 Å². The van der Waals surface area contributed by atoms with E-state index in [0.717, 1.165) is 18.2 Å². The Hall–Kier alpha value is -3.30. The van der Waals surface area contributed by atoms with Gasteiger partial charge in [0.25, 0.3) is 0 Å². The Morgan fingerprint density at radius 2 is 2.06 bits per heavy atom. The topological polar surface area (TPSA) is 56.1 Å². The molecule has 0 aliphatic carbocycles. The van der Waals surface area contributed by atoms with Gasteiger partial charge in [0.1, 0.15) is 17.1 Å². The van der Waals surface area contributed by atoms with Crippen molar-refractivity contribution < 1.29 is 31.8 Å². The number of carbonyl (C=O) groups excluding carboxylic acids is 1. The van der Waals surface area contributed by atoms with Crippen LogP contribution in [0.25, 0.3) is 5.52 Å². The highest BCUT2D eigenvalue weighted by molar-refractivity contribution is 5.97. The molecule has 0 amide bonds. The Morgan fingerprint density at radius 3 is 2.81 bits per heavy atom. The van der Waals surface area contributed by atoms with Crippen LogP contribution in [0.4, 0.5) is 23.2 Å². The molecule has 0 bridgehead atoms. The third-order valence-electron chi connectivity index (χ3n) is 5.31. The minimum atomic E-state index is -4.50. The number of aromatic nitrogens is 2. The molecule has 6 nitrogen and oxygen atoms in total. The van der Waals surface area contributed by atoms with Gasteiger partial charge in [-0.05, 0) is 50.1 Å². The second kappa shape index (κ2) is 8.68. The summed E-state index contributed by atoms with van der Waals surface area (Å²) in [6, 6.07) is 6.71. The van der Waals surface area contributed by atoms with Crippen LogP contribution >= 0.6 is 0 Å². The number of anilines is 1. The molecule has 4 rings (SSSR count). The van der Waals surface area contributed by atoms with Crippen molar-refractivity contribution in [3.05, 3.63) is 59.7 Å². The predicted octanol–water partition coefficient (Wildman–Crippen LogP) is 4.93. The first-order valence-corrected chi connectivity index (χ1v) is 10.2. The highest BCUT2D eigenvalue weighted by atomic mass is 19.4. The summed E-state index contributed by atoms with van der Waals surface area (Å²) in [6.07, 6.45) is -0.0166. The van der Waals surface area contributed by atoms with Crippen molar-refractivity contribution in [2.24, 2.45) is 0 Å². The first-order chi connectivity index (χ1) is 15.3. The molecule has 0 radical (unpaired) electrons. The van der Waals surface area contributed by atoms with E-state index >= 15 is 0 Å². The highest BCUT2D eigenvalue weighted by Crippen LogP contribution is 2.41. The number of carbonyl (C=O) groups is 1. The van der Waals surface area contributed by atoms with Gasteiger partial charge in [-0.1, -0.05) is 0 Å². The van der Waals surface area contributed by atoms with Crippen molar-refractivity contribution in [3.63, 3.8) is 0 Å². The third kappa shape index (κ3) is 4.49. The van der Waals surface area contributed by atoms with E-state index in [9.17, 15) is 22.4 Å². The van der Waals surface area contributed by atoms with Crippen molar-refractivity contribution in [1.29, 1.82) is 0 Å². The van der Waals surface area contributed by atoms with Crippen LogP contribution in [0.1, 0.15) is 41.7 Å². The lowest BCUT2D eigenvalue weighted by molar-refractivity contribution is -0.153. The summed E-state index contributed by atoms with van der Waals surface area (Å²) < 4.78 is 63.7.